The van der Waals surface area contributed by atoms with Gasteiger partial charge in [0.05, 0.1) is 5.56 Å². The van der Waals surface area contributed by atoms with Gasteiger partial charge < -0.3 is 9.72 Å². The minimum atomic E-state index is -4.64. The highest BCUT2D eigenvalue weighted by atomic mass is 19.4. The van der Waals surface area contributed by atoms with Crippen molar-refractivity contribution in [3.63, 3.8) is 0 Å². The van der Waals surface area contributed by atoms with Crippen molar-refractivity contribution in [1.82, 2.24) is 19.9 Å². The summed E-state index contributed by atoms with van der Waals surface area (Å²) in [5.74, 6) is -0.166. The molecule has 2 heterocycles. The van der Waals surface area contributed by atoms with E-state index in [0.29, 0.717) is 0 Å². The first kappa shape index (κ1) is 21.6. The molecule has 5 nitrogen and oxygen atoms in total. The number of halogens is 6. The lowest BCUT2D eigenvalue weighted by molar-refractivity contribution is -0.154. The van der Waals surface area contributed by atoms with E-state index >= 15 is 0 Å². The van der Waals surface area contributed by atoms with Gasteiger partial charge in [0.15, 0.2) is 12.4 Å². The third-order valence-corrected chi connectivity index (χ3v) is 4.45. The number of benzene rings is 2. The quantitative estimate of drug-likeness (QED) is 0.402. The van der Waals surface area contributed by atoms with Crippen molar-refractivity contribution in [1.29, 1.82) is 0 Å². The number of ether oxygens (including phenoxy) is 1. The molecule has 0 fully saturated rings. The van der Waals surface area contributed by atoms with E-state index in [4.69, 9.17) is 0 Å². The summed E-state index contributed by atoms with van der Waals surface area (Å²) in [5, 5.41) is 0.906. The summed E-state index contributed by atoms with van der Waals surface area (Å²) in [6, 6.07) is 10.8. The molecule has 0 saturated carbocycles. The third kappa shape index (κ3) is 5.16. The average Bonchev–Trinajstić information content (AvgIpc) is 3.19. The van der Waals surface area contributed by atoms with Crippen LogP contribution in [0.5, 0.6) is 6.01 Å². The van der Waals surface area contributed by atoms with Gasteiger partial charge in [0, 0.05) is 23.7 Å². The number of nitrogens with one attached hydrogen (secondary N) is 1. The van der Waals surface area contributed by atoms with Crippen LogP contribution in [-0.4, -0.2) is 32.7 Å². The van der Waals surface area contributed by atoms with Crippen LogP contribution < -0.4 is 4.74 Å². The van der Waals surface area contributed by atoms with E-state index in [1.807, 2.05) is 18.2 Å². The Balaban J connectivity index is 1.72. The summed E-state index contributed by atoms with van der Waals surface area (Å²) in [4.78, 5) is 14.9. The lowest BCUT2D eigenvalue weighted by Crippen LogP contribution is -2.20. The monoisotopic (exact) mass is 452 g/mol. The molecule has 11 heteroatoms. The molecule has 0 aliphatic heterocycles. The summed E-state index contributed by atoms with van der Waals surface area (Å²) >= 11 is 0. The maximum absolute atomic E-state index is 13.1. The number of aromatic nitrogens is 4. The highest BCUT2D eigenvalue weighted by Gasteiger charge is 2.31. The Morgan fingerprint density at radius 1 is 0.875 bits per heavy atom. The Kier molecular flexibility index (Phi) is 5.49. The van der Waals surface area contributed by atoms with Crippen LogP contribution in [0.15, 0.2) is 54.7 Å². The van der Waals surface area contributed by atoms with E-state index in [2.05, 4.69) is 24.7 Å². The van der Waals surface area contributed by atoms with E-state index in [1.165, 1.54) is 6.07 Å². The first-order valence-corrected chi connectivity index (χ1v) is 9.25. The van der Waals surface area contributed by atoms with Crippen molar-refractivity contribution >= 4 is 10.9 Å². The van der Waals surface area contributed by atoms with Crippen LogP contribution in [0.1, 0.15) is 17.0 Å². The molecule has 1 N–H and O–H groups in total. The zero-order chi connectivity index (χ0) is 22.9. The zero-order valence-electron chi connectivity index (χ0n) is 16.1. The highest BCUT2D eigenvalue weighted by Crippen LogP contribution is 2.32. The first-order chi connectivity index (χ1) is 15.1. The van der Waals surface area contributed by atoms with Crippen LogP contribution in [-0.2, 0) is 12.6 Å². The molecule has 4 aromatic rings. The molecular weight excluding hydrogens is 438 g/mol. The largest absolute Gasteiger partial charge is 0.454 e. The van der Waals surface area contributed by atoms with Gasteiger partial charge in [0.2, 0.25) is 0 Å². The van der Waals surface area contributed by atoms with Crippen LogP contribution in [0.2, 0.25) is 0 Å². The smallest absolute Gasteiger partial charge is 0.422 e. The molecule has 0 aliphatic carbocycles. The van der Waals surface area contributed by atoms with Crippen LogP contribution >= 0.6 is 0 Å². The summed E-state index contributed by atoms with van der Waals surface area (Å²) in [7, 11) is 0. The van der Waals surface area contributed by atoms with Crippen molar-refractivity contribution in [3.8, 4) is 17.4 Å². The second kappa shape index (κ2) is 8.13. The van der Waals surface area contributed by atoms with Crippen molar-refractivity contribution in [3.05, 3.63) is 71.7 Å². The van der Waals surface area contributed by atoms with Crippen molar-refractivity contribution in [2.75, 3.05) is 6.61 Å². The SMILES string of the molecule is FC(F)(F)COc1nc(Cc2ccc3[nH]ccc3c2)nc(-c2cccc(C(F)(F)F)c2)n1. The molecule has 32 heavy (non-hydrogen) atoms. The van der Waals surface area contributed by atoms with Gasteiger partial charge in [-0.1, -0.05) is 18.2 Å². The Bertz CT molecular complexity index is 1250. The highest BCUT2D eigenvalue weighted by molar-refractivity contribution is 5.80. The summed E-state index contributed by atoms with van der Waals surface area (Å²) in [6.45, 7) is -1.65. The van der Waals surface area contributed by atoms with E-state index < -0.39 is 30.5 Å². The summed E-state index contributed by atoms with van der Waals surface area (Å²) < 4.78 is 81.7. The Morgan fingerprint density at radius 3 is 2.44 bits per heavy atom. The predicted octanol–water partition coefficient (Wildman–Crippen LogP) is 5.57. The van der Waals surface area contributed by atoms with Crippen LogP contribution in [0.4, 0.5) is 26.3 Å². The molecule has 0 spiro atoms. The second-order valence-corrected chi connectivity index (χ2v) is 6.92. The van der Waals surface area contributed by atoms with Crippen LogP contribution in [0.3, 0.4) is 0 Å². The molecule has 0 atom stereocenters. The van der Waals surface area contributed by atoms with Gasteiger partial charge in [-0.15, -0.1) is 0 Å². The molecule has 0 unspecified atom stereocenters. The summed E-state index contributed by atoms with van der Waals surface area (Å²) in [5.41, 5.74) is 0.678. The van der Waals surface area contributed by atoms with Crippen LogP contribution in [0.25, 0.3) is 22.3 Å². The summed E-state index contributed by atoms with van der Waals surface area (Å²) in [6.07, 6.45) is -7.37. The van der Waals surface area contributed by atoms with E-state index in [1.54, 1.807) is 12.3 Å². The van der Waals surface area contributed by atoms with Gasteiger partial charge >= 0.3 is 18.4 Å². The fourth-order valence-corrected chi connectivity index (χ4v) is 3.05. The number of hydrogen-bond donors (Lipinski definition) is 1. The number of hydrogen-bond acceptors (Lipinski definition) is 4. The molecule has 2 aromatic carbocycles. The van der Waals surface area contributed by atoms with Crippen molar-refractivity contribution < 1.29 is 31.1 Å². The molecule has 0 saturated heterocycles. The maximum Gasteiger partial charge on any atom is 0.422 e. The third-order valence-electron chi connectivity index (χ3n) is 4.45. The van der Waals surface area contributed by atoms with Gasteiger partial charge in [-0.3, -0.25) is 0 Å². The Labute approximate surface area is 177 Å². The van der Waals surface area contributed by atoms with Crippen molar-refractivity contribution in [2.24, 2.45) is 0 Å². The van der Waals surface area contributed by atoms with Gasteiger partial charge in [-0.2, -0.15) is 36.3 Å². The number of fused-ring (bicyclic) bond motifs is 1. The fourth-order valence-electron chi connectivity index (χ4n) is 3.05. The Morgan fingerprint density at radius 2 is 1.69 bits per heavy atom. The predicted molar refractivity (Wildman–Crippen MR) is 103 cm³/mol. The Hall–Kier alpha value is -3.63. The zero-order valence-corrected chi connectivity index (χ0v) is 16.1. The van der Waals surface area contributed by atoms with E-state index in [-0.39, 0.29) is 23.6 Å². The molecule has 0 aliphatic rings. The maximum atomic E-state index is 13.1. The molecule has 4 rings (SSSR count). The van der Waals surface area contributed by atoms with Gasteiger partial charge in [-0.25, -0.2) is 4.98 Å². The second-order valence-electron chi connectivity index (χ2n) is 6.92. The number of alkyl halides is 6. The molecular formula is C21H14F6N4O. The number of H-pyrrole nitrogens is 1. The minimum absolute atomic E-state index is 0.0265. The average molecular weight is 452 g/mol. The van der Waals surface area contributed by atoms with Crippen LogP contribution in [0, 0.1) is 0 Å². The number of rotatable bonds is 5. The first-order valence-electron chi connectivity index (χ1n) is 9.25. The molecule has 166 valence electrons. The van der Waals surface area contributed by atoms with Crippen molar-refractivity contribution in [2.45, 2.75) is 18.8 Å². The van der Waals surface area contributed by atoms with E-state index in [0.717, 1.165) is 34.7 Å². The van der Waals surface area contributed by atoms with Gasteiger partial charge in [0.1, 0.15) is 5.82 Å². The number of aromatic amines is 1. The standard InChI is InChI=1S/C21H14F6N4O/c22-20(23,24)11-32-19-30-17(9-12-4-5-16-13(8-12)6-7-28-16)29-18(31-19)14-2-1-3-15(10-14)21(25,26)27/h1-8,10,28H,9,11H2. The molecule has 0 bridgehead atoms. The molecule has 2 aromatic heterocycles. The topological polar surface area (TPSA) is 63.7 Å². The molecule has 0 radical (unpaired) electrons. The van der Waals surface area contributed by atoms with Gasteiger partial charge in [-0.05, 0) is 41.3 Å². The fraction of sp³-hybridized carbons (Fsp3) is 0.190. The van der Waals surface area contributed by atoms with Gasteiger partial charge in [0.25, 0.3) is 0 Å². The minimum Gasteiger partial charge on any atom is -0.454 e. The lowest BCUT2D eigenvalue weighted by Gasteiger charge is -2.12. The normalized spacial score (nSPS) is 12.3. The van der Waals surface area contributed by atoms with E-state index in [9.17, 15) is 26.3 Å². The number of nitrogens with zero attached hydrogens (tertiary/aromatic N) is 3. The molecule has 0 amide bonds. The lowest BCUT2D eigenvalue weighted by atomic mass is 10.1.